The molecule has 6 nitrogen and oxygen atoms in total. The van der Waals surface area contributed by atoms with E-state index < -0.39 is 12.3 Å². The molecular formula is C10H10O6. The lowest BCUT2D eigenvalue weighted by atomic mass is 10.3. The summed E-state index contributed by atoms with van der Waals surface area (Å²) in [6.07, 6.45) is 3.94. The van der Waals surface area contributed by atoms with Crippen LogP contribution < -0.4 is 0 Å². The summed E-state index contributed by atoms with van der Waals surface area (Å²) in [6, 6.07) is 0. The first-order valence-electron chi connectivity index (χ1n) is 4.35. The molecule has 0 aromatic rings. The minimum atomic E-state index is -1.42. The van der Waals surface area contributed by atoms with E-state index in [1.54, 1.807) is 12.2 Å². The molecule has 0 aromatic heterocycles. The monoisotopic (exact) mass is 226 g/mol. The molecule has 0 aliphatic heterocycles. The number of methoxy groups -OCH3 is 1. The van der Waals surface area contributed by atoms with Crippen LogP contribution in [0.25, 0.3) is 0 Å². The Kier molecular flexibility index (Phi) is 4.14. The number of rotatable bonds is 2. The number of carbonyl (C=O) groups excluding carboxylic acids is 1. The van der Waals surface area contributed by atoms with E-state index >= 15 is 0 Å². The highest BCUT2D eigenvalue weighted by Crippen LogP contribution is 2.17. The van der Waals surface area contributed by atoms with Crippen LogP contribution in [0.15, 0.2) is 35.8 Å². The first kappa shape index (κ1) is 11.8. The topological polar surface area (TPSA) is 82.1 Å². The van der Waals surface area contributed by atoms with Crippen LogP contribution >= 0.6 is 0 Å². The third-order valence-corrected chi connectivity index (χ3v) is 1.62. The van der Waals surface area contributed by atoms with Crippen LogP contribution in [-0.2, 0) is 14.2 Å². The average Bonchev–Trinajstić information content (AvgIpc) is 2.42. The summed E-state index contributed by atoms with van der Waals surface area (Å²) in [5.41, 5.74) is 0. The number of hydrogen-bond acceptors (Lipinski definition) is 5. The summed E-state index contributed by atoms with van der Waals surface area (Å²) < 4.78 is 13.5. The van der Waals surface area contributed by atoms with Crippen molar-refractivity contribution >= 4 is 12.3 Å². The van der Waals surface area contributed by atoms with E-state index in [-0.39, 0.29) is 17.9 Å². The maximum absolute atomic E-state index is 10.8. The van der Waals surface area contributed by atoms with Crippen LogP contribution in [0.2, 0.25) is 0 Å². The Morgan fingerprint density at radius 3 is 2.25 bits per heavy atom. The zero-order valence-electron chi connectivity index (χ0n) is 8.50. The van der Waals surface area contributed by atoms with Gasteiger partial charge in [-0.05, 0) is 12.2 Å². The fourth-order valence-electron chi connectivity index (χ4n) is 1.02. The van der Waals surface area contributed by atoms with Gasteiger partial charge in [0, 0.05) is 0 Å². The van der Waals surface area contributed by atoms with Gasteiger partial charge in [0.25, 0.3) is 0 Å². The molecule has 1 N–H and O–H groups in total. The van der Waals surface area contributed by atoms with Crippen LogP contribution in [0.4, 0.5) is 9.59 Å². The molecule has 0 saturated carbocycles. The minimum absolute atomic E-state index is 0.0639. The molecule has 0 unspecified atom stereocenters. The van der Waals surface area contributed by atoms with E-state index in [0.29, 0.717) is 0 Å². The van der Waals surface area contributed by atoms with E-state index in [1.165, 1.54) is 19.3 Å². The van der Waals surface area contributed by atoms with Crippen molar-refractivity contribution in [1.82, 2.24) is 0 Å². The van der Waals surface area contributed by atoms with E-state index in [4.69, 9.17) is 9.84 Å². The Hall–Kier alpha value is -2.24. The van der Waals surface area contributed by atoms with Crippen molar-refractivity contribution in [3.63, 3.8) is 0 Å². The third-order valence-electron chi connectivity index (χ3n) is 1.62. The number of ether oxygens (including phenoxy) is 3. The van der Waals surface area contributed by atoms with Crippen LogP contribution in [0, 0.1) is 0 Å². The lowest BCUT2D eigenvalue weighted by Crippen LogP contribution is -2.07. The number of carboxylic acid groups (broad SMARTS) is 1. The number of carbonyl (C=O) groups is 2. The lowest BCUT2D eigenvalue weighted by molar-refractivity contribution is 0.0918. The van der Waals surface area contributed by atoms with Crippen molar-refractivity contribution in [3.8, 4) is 0 Å². The number of hydrogen-bond donors (Lipinski definition) is 1. The van der Waals surface area contributed by atoms with Crippen molar-refractivity contribution in [2.45, 2.75) is 6.42 Å². The molecule has 1 rings (SSSR count). The normalized spacial score (nSPS) is 14.3. The summed E-state index contributed by atoms with van der Waals surface area (Å²) in [5.74, 6) is 0.407. The highest BCUT2D eigenvalue weighted by atomic mass is 16.7. The second kappa shape index (κ2) is 5.59. The molecule has 0 spiro atoms. The zero-order valence-corrected chi connectivity index (χ0v) is 8.50. The molecule has 16 heavy (non-hydrogen) atoms. The van der Waals surface area contributed by atoms with Gasteiger partial charge in [0.2, 0.25) is 0 Å². The van der Waals surface area contributed by atoms with Crippen molar-refractivity contribution in [3.05, 3.63) is 35.8 Å². The summed E-state index contributed by atoms with van der Waals surface area (Å²) in [7, 11) is 1.18. The minimum Gasteiger partial charge on any atom is -0.449 e. The maximum Gasteiger partial charge on any atom is 0.513 e. The van der Waals surface area contributed by atoms with Crippen LogP contribution in [0.5, 0.6) is 0 Å². The van der Waals surface area contributed by atoms with E-state index in [1.807, 2.05) is 0 Å². The van der Waals surface area contributed by atoms with Crippen LogP contribution in [0.3, 0.4) is 0 Å². The van der Waals surface area contributed by atoms with Gasteiger partial charge in [0.1, 0.15) is 11.5 Å². The second-order valence-corrected chi connectivity index (χ2v) is 2.75. The van der Waals surface area contributed by atoms with Gasteiger partial charge in [0.05, 0.1) is 13.5 Å². The quantitative estimate of drug-likeness (QED) is 0.726. The molecule has 0 aromatic carbocycles. The predicted octanol–water partition coefficient (Wildman–Crippen LogP) is 2.19. The van der Waals surface area contributed by atoms with Crippen molar-refractivity contribution in [2.75, 3.05) is 7.11 Å². The van der Waals surface area contributed by atoms with Crippen molar-refractivity contribution < 1.29 is 28.9 Å². The second-order valence-electron chi connectivity index (χ2n) is 2.75. The van der Waals surface area contributed by atoms with Crippen molar-refractivity contribution in [1.29, 1.82) is 0 Å². The molecule has 1 aliphatic carbocycles. The molecular weight excluding hydrogens is 216 g/mol. The third kappa shape index (κ3) is 3.87. The van der Waals surface area contributed by atoms with Gasteiger partial charge in [0.15, 0.2) is 0 Å². The fourth-order valence-corrected chi connectivity index (χ4v) is 1.02. The van der Waals surface area contributed by atoms with Gasteiger partial charge >= 0.3 is 12.3 Å². The molecule has 0 amide bonds. The largest absolute Gasteiger partial charge is 0.513 e. The van der Waals surface area contributed by atoms with Gasteiger partial charge in [-0.2, -0.15) is 0 Å². The van der Waals surface area contributed by atoms with Gasteiger partial charge in [-0.1, -0.05) is 12.2 Å². The van der Waals surface area contributed by atoms with Crippen molar-refractivity contribution in [2.24, 2.45) is 0 Å². The maximum atomic E-state index is 10.8. The Morgan fingerprint density at radius 1 is 1.19 bits per heavy atom. The van der Waals surface area contributed by atoms with Crippen LogP contribution in [-0.4, -0.2) is 24.5 Å². The first-order chi connectivity index (χ1) is 7.61. The van der Waals surface area contributed by atoms with Gasteiger partial charge in [-0.25, -0.2) is 9.59 Å². The molecule has 0 bridgehead atoms. The molecule has 6 heteroatoms. The number of allylic oxidation sites excluding steroid dienone is 4. The van der Waals surface area contributed by atoms with Gasteiger partial charge < -0.3 is 19.3 Å². The standard InChI is InChI=1S/C10H10O6/c1-14-10(13)16-8-5-3-2-4-7(6-8)15-9(11)12/h2-5H,6H2,1H3,(H,11,12). The van der Waals surface area contributed by atoms with Gasteiger partial charge in [-0.15, -0.1) is 0 Å². The summed E-state index contributed by atoms with van der Waals surface area (Å²) in [6.45, 7) is 0. The summed E-state index contributed by atoms with van der Waals surface area (Å²) >= 11 is 0. The molecule has 0 fully saturated rings. The summed E-state index contributed by atoms with van der Waals surface area (Å²) in [4.78, 5) is 21.2. The highest BCUT2D eigenvalue weighted by molar-refractivity contribution is 5.62. The average molecular weight is 226 g/mol. The molecule has 0 saturated heterocycles. The van der Waals surface area contributed by atoms with E-state index in [0.717, 1.165) is 0 Å². The molecule has 1 aliphatic rings. The Labute approximate surface area is 91.4 Å². The van der Waals surface area contributed by atoms with Crippen LogP contribution in [0.1, 0.15) is 6.42 Å². The van der Waals surface area contributed by atoms with E-state index in [9.17, 15) is 9.59 Å². The lowest BCUT2D eigenvalue weighted by Gasteiger charge is -2.07. The fraction of sp³-hybridized carbons (Fsp3) is 0.200. The molecule has 0 atom stereocenters. The Balaban J connectivity index is 2.65. The summed E-state index contributed by atoms with van der Waals surface area (Å²) in [5, 5.41) is 8.43. The van der Waals surface area contributed by atoms with E-state index in [2.05, 4.69) is 9.47 Å². The molecule has 86 valence electrons. The smallest absolute Gasteiger partial charge is 0.449 e. The molecule has 0 heterocycles. The van der Waals surface area contributed by atoms with Gasteiger partial charge in [-0.3, -0.25) is 0 Å². The predicted molar refractivity (Wildman–Crippen MR) is 52.5 cm³/mol. The first-order valence-corrected chi connectivity index (χ1v) is 4.35. The Morgan fingerprint density at radius 2 is 1.75 bits per heavy atom. The highest BCUT2D eigenvalue weighted by Gasteiger charge is 2.13. The zero-order chi connectivity index (χ0) is 12.0. The molecule has 0 radical (unpaired) electrons. The SMILES string of the molecule is COC(=O)OC1=CC=CC=C(OC(=O)O)C1. The Bertz CT molecular complexity index is 377.